The lowest BCUT2D eigenvalue weighted by Gasteiger charge is -2.22. The fraction of sp³-hybridized carbons (Fsp3) is 0.571. The van der Waals surface area contributed by atoms with E-state index in [2.05, 4.69) is 43.0 Å². The molecule has 0 unspecified atom stereocenters. The molecule has 0 aromatic heterocycles. The molecule has 1 atom stereocenters. The van der Waals surface area contributed by atoms with Crippen molar-refractivity contribution < 1.29 is 0 Å². The van der Waals surface area contributed by atoms with E-state index in [1.165, 1.54) is 17.7 Å². The van der Waals surface area contributed by atoms with Gasteiger partial charge in [0.2, 0.25) is 0 Å². The summed E-state index contributed by atoms with van der Waals surface area (Å²) in [7, 11) is 4.32. The van der Waals surface area contributed by atoms with Crippen LogP contribution in [-0.4, -0.2) is 38.1 Å². The molecule has 0 aliphatic carbocycles. The summed E-state index contributed by atoms with van der Waals surface area (Å²) in [6.07, 6.45) is 2.25. The summed E-state index contributed by atoms with van der Waals surface area (Å²) in [5.41, 5.74) is 9.44. The number of nitrogen functional groups attached to an aromatic ring is 1. The Balaban J connectivity index is 2.13. The lowest BCUT2D eigenvalue weighted by atomic mass is 10.1. The van der Waals surface area contributed by atoms with E-state index >= 15 is 0 Å². The smallest absolute Gasteiger partial charge is 0.0371 e. The summed E-state index contributed by atoms with van der Waals surface area (Å²) in [6, 6.07) is 7.11. The molecule has 17 heavy (non-hydrogen) atoms. The van der Waals surface area contributed by atoms with Gasteiger partial charge in [-0.15, -0.1) is 0 Å². The van der Waals surface area contributed by atoms with Crippen LogP contribution in [0.4, 0.5) is 11.4 Å². The van der Waals surface area contributed by atoms with E-state index < -0.39 is 0 Å². The third-order valence-corrected chi connectivity index (χ3v) is 3.77. The first kappa shape index (κ1) is 12.2. The maximum absolute atomic E-state index is 5.95. The van der Waals surface area contributed by atoms with E-state index in [1.54, 1.807) is 0 Å². The molecule has 0 radical (unpaired) electrons. The molecule has 1 aliphatic rings. The lowest BCUT2D eigenvalue weighted by molar-refractivity contribution is 0.315. The van der Waals surface area contributed by atoms with Crippen LogP contribution in [0.5, 0.6) is 0 Å². The van der Waals surface area contributed by atoms with Crippen molar-refractivity contribution in [1.82, 2.24) is 4.90 Å². The Kier molecular flexibility index (Phi) is 3.57. The van der Waals surface area contributed by atoms with Crippen LogP contribution in [0, 0.1) is 0 Å². The van der Waals surface area contributed by atoms with Crippen LogP contribution in [0.25, 0.3) is 0 Å². The molecule has 0 amide bonds. The molecule has 1 aromatic rings. The van der Waals surface area contributed by atoms with Gasteiger partial charge in [-0.05, 0) is 50.7 Å². The average molecular weight is 233 g/mol. The van der Waals surface area contributed by atoms with Crippen molar-refractivity contribution in [3.63, 3.8) is 0 Å². The zero-order valence-corrected chi connectivity index (χ0v) is 11.1. The highest BCUT2D eigenvalue weighted by atomic mass is 15.2. The molecule has 1 heterocycles. The Hall–Kier alpha value is -1.22. The van der Waals surface area contributed by atoms with Crippen molar-refractivity contribution in [3.05, 3.63) is 23.8 Å². The van der Waals surface area contributed by atoms with Gasteiger partial charge in [0, 0.05) is 30.5 Å². The van der Waals surface area contributed by atoms with E-state index in [-0.39, 0.29) is 0 Å². The number of anilines is 2. The third-order valence-electron chi connectivity index (χ3n) is 3.77. The number of hydrogen-bond acceptors (Lipinski definition) is 3. The van der Waals surface area contributed by atoms with Crippen LogP contribution in [0.2, 0.25) is 0 Å². The normalized spacial score (nSPS) is 20.2. The molecule has 3 nitrogen and oxygen atoms in total. The topological polar surface area (TPSA) is 32.5 Å². The summed E-state index contributed by atoms with van der Waals surface area (Å²) in [4.78, 5) is 4.78. The van der Waals surface area contributed by atoms with Crippen molar-refractivity contribution in [2.45, 2.75) is 25.8 Å². The molecule has 0 saturated carbocycles. The van der Waals surface area contributed by atoms with E-state index in [0.29, 0.717) is 6.04 Å². The van der Waals surface area contributed by atoms with Gasteiger partial charge in [-0.1, -0.05) is 6.92 Å². The highest BCUT2D eigenvalue weighted by Crippen LogP contribution is 2.25. The number of hydrogen-bond donors (Lipinski definition) is 1. The van der Waals surface area contributed by atoms with Gasteiger partial charge in [-0.3, -0.25) is 0 Å². The first-order valence-corrected chi connectivity index (χ1v) is 6.41. The fourth-order valence-electron chi connectivity index (χ4n) is 2.49. The Morgan fingerprint density at radius 3 is 2.76 bits per heavy atom. The van der Waals surface area contributed by atoms with Gasteiger partial charge in [0.1, 0.15) is 0 Å². The molecule has 1 saturated heterocycles. The Morgan fingerprint density at radius 2 is 2.18 bits per heavy atom. The summed E-state index contributed by atoms with van der Waals surface area (Å²) in [6.45, 7) is 4.43. The summed E-state index contributed by atoms with van der Waals surface area (Å²) in [5.74, 6) is 0. The number of likely N-dealkylation sites (N-methyl/N-ethyl adjacent to an activating group) is 1. The van der Waals surface area contributed by atoms with Gasteiger partial charge < -0.3 is 15.5 Å². The van der Waals surface area contributed by atoms with Crippen LogP contribution in [0.15, 0.2) is 18.2 Å². The highest BCUT2D eigenvalue weighted by molar-refractivity contribution is 5.59. The number of aryl methyl sites for hydroxylation is 1. The number of nitrogens with two attached hydrogens (primary N) is 1. The Morgan fingerprint density at radius 1 is 1.41 bits per heavy atom. The lowest BCUT2D eigenvalue weighted by Crippen LogP contribution is -2.31. The standard InChI is InChI=1S/C14H23N3/c1-4-11-9-12(5-6-14(11)15)17-8-7-13(10-17)16(2)3/h5-6,9,13H,4,7-8,10,15H2,1-3H3/t13-/m0/s1. The molecule has 2 rings (SSSR count). The van der Waals surface area contributed by atoms with Gasteiger partial charge in [-0.2, -0.15) is 0 Å². The van der Waals surface area contributed by atoms with Crippen LogP contribution >= 0.6 is 0 Å². The maximum Gasteiger partial charge on any atom is 0.0371 e. The fourth-order valence-corrected chi connectivity index (χ4v) is 2.49. The first-order chi connectivity index (χ1) is 8.11. The first-order valence-electron chi connectivity index (χ1n) is 6.41. The van der Waals surface area contributed by atoms with E-state index in [9.17, 15) is 0 Å². The molecule has 0 spiro atoms. The molecule has 0 bridgehead atoms. The minimum Gasteiger partial charge on any atom is -0.399 e. The van der Waals surface area contributed by atoms with Gasteiger partial charge in [-0.25, -0.2) is 0 Å². The van der Waals surface area contributed by atoms with Crippen LogP contribution in [-0.2, 0) is 6.42 Å². The molecule has 1 aromatic carbocycles. The van der Waals surface area contributed by atoms with Crippen molar-refractivity contribution >= 4 is 11.4 Å². The highest BCUT2D eigenvalue weighted by Gasteiger charge is 2.24. The zero-order valence-electron chi connectivity index (χ0n) is 11.1. The van der Waals surface area contributed by atoms with Crippen LogP contribution in [0.3, 0.4) is 0 Å². The summed E-state index contributed by atoms with van der Waals surface area (Å²) >= 11 is 0. The monoisotopic (exact) mass is 233 g/mol. The van der Waals surface area contributed by atoms with Crippen LogP contribution in [0.1, 0.15) is 18.9 Å². The minimum atomic E-state index is 0.678. The number of rotatable bonds is 3. The van der Waals surface area contributed by atoms with E-state index in [0.717, 1.165) is 25.2 Å². The van der Waals surface area contributed by atoms with Gasteiger partial charge in [0.25, 0.3) is 0 Å². The predicted octanol–water partition coefficient (Wildman–Crippen LogP) is 1.97. The molecule has 1 aliphatic heterocycles. The van der Waals surface area contributed by atoms with Crippen molar-refractivity contribution in [2.24, 2.45) is 0 Å². The van der Waals surface area contributed by atoms with Crippen molar-refractivity contribution in [2.75, 3.05) is 37.8 Å². The van der Waals surface area contributed by atoms with Gasteiger partial charge in [0.05, 0.1) is 0 Å². The van der Waals surface area contributed by atoms with E-state index in [4.69, 9.17) is 5.73 Å². The summed E-state index contributed by atoms with van der Waals surface area (Å²) in [5, 5.41) is 0. The van der Waals surface area contributed by atoms with Gasteiger partial charge in [0.15, 0.2) is 0 Å². The average Bonchev–Trinajstić information content (AvgIpc) is 2.79. The molecular formula is C14H23N3. The number of benzene rings is 1. The Labute approximate surface area is 104 Å². The predicted molar refractivity (Wildman–Crippen MR) is 74.5 cm³/mol. The molecular weight excluding hydrogens is 210 g/mol. The quantitative estimate of drug-likeness (QED) is 0.810. The Bertz CT molecular complexity index is 387. The minimum absolute atomic E-state index is 0.678. The largest absolute Gasteiger partial charge is 0.399 e. The third kappa shape index (κ3) is 2.55. The van der Waals surface area contributed by atoms with Crippen molar-refractivity contribution in [1.29, 1.82) is 0 Å². The second-order valence-corrected chi connectivity index (χ2v) is 5.09. The van der Waals surface area contributed by atoms with Crippen LogP contribution < -0.4 is 10.6 Å². The molecule has 1 fully saturated rings. The molecule has 94 valence electrons. The molecule has 3 heteroatoms. The van der Waals surface area contributed by atoms with Gasteiger partial charge >= 0.3 is 0 Å². The maximum atomic E-state index is 5.95. The summed E-state index contributed by atoms with van der Waals surface area (Å²) < 4.78 is 0. The second kappa shape index (κ2) is 4.96. The SMILES string of the molecule is CCc1cc(N2CC[C@H](N(C)C)C2)ccc1N. The van der Waals surface area contributed by atoms with Crippen molar-refractivity contribution in [3.8, 4) is 0 Å². The zero-order chi connectivity index (χ0) is 12.4. The van der Waals surface area contributed by atoms with E-state index in [1.807, 2.05) is 6.07 Å². The second-order valence-electron chi connectivity index (χ2n) is 5.09. The molecule has 2 N–H and O–H groups in total. The number of nitrogens with zero attached hydrogens (tertiary/aromatic N) is 2.